The van der Waals surface area contributed by atoms with Gasteiger partial charge < -0.3 is 15.1 Å². The van der Waals surface area contributed by atoms with Crippen LogP contribution >= 0.6 is 11.6 Å². The standard InChI is InChI=1S/C18H21ClN4O/c1-22-9-11-23(12-10-22)17-4-2-3-16(19)15(17)13-21-18(24)14-5-7-20-8-6-14/h2-8H,9-13H2,1H3,(H,21,24). The van der Waals surface area contributed by atoms with Crippen LogP contribution in [-0.4, -0.2) is 49.0 Å². The number of anilines is 1. The number of hydrogen-bond acceptors (Lipinski definition) is 4. The number of nitrogens with one attached hydrogen (secondary N) is 1. The maximum atomic E-state index is 12.3. The zero-order chi connectivity index (χ0) is 16.9. The van der Waals surface area contributed by atoms with E-state index >= 15 is 0 Å². The van der Waals surface area contributed by atoms with Gasteiger partial charge in [0.2, 0.25) is 0 Å². The third kappa shape index (κ3) is 3.86. The number of amides is 1. The molecule has 0 unspecified atom stereocenters. The van der Waals surface area contributed by atoms with Crippen molar-refractivity contribution >= 4 is 23.2 Å². The van der Waals surface area contributed by atoms with Crippen molar-refractivity contribution in [1.82, 2.24) is 15.2 Å². The smallest absolute Gasteiger partial charge is 0.251 e. The minimum atomic E-state index is -0.123. The van der Waals surface area contributed by atoms with Crippen LogP contribution in [0.25, 0.3) is 0 Å². The summed E-state index contributed by atoms with van der Waals surface area (Å²) in [6, 6.07) is 9.30. The van der Waals surface area contributed by atoms with Gasteiger partial charge in [-0.05, 0) is 31.3 Å². The summed E-state index contributed by atoms with van der Waals surface area (Å²) in [5.41, 5.74) is 2.66. The Kier molecular flexibility index (Phi) is 5.33. The molecule has 0 spiro atoms. The first kappa shape index (κ1) is 16.7. The van der Waals surface area contributed by atoms with Crippen molar-refractivity contribution < 1.29 is 4.79 Å². The lowest BCUT2D eigenvalue weighted by atomic mass is 10.1. The second-order valence-corrected chi connectivity index (χ2v) is 6.35. The van der Waals surface area contributed by atoms with Gasteiger partial charge in [0, 0.05) is 67.0 Å². The number of halogens is 1. The van der Waals surface area contributed by atoms with Gasteiger partial charge in [0.15, 0.2) is 0 Å². The lowest BCUT2D eigenvalue weighted by Gasteiger charge is -2.35. The van der Waals surface area contributed by atoms with E-state index in [9.17, 15) is 4.79 Å². The highest BCUT2D eigenvalue weighted by Crippen LogP contribution is 2.28. The first-order valence-corrected chi connectivity index (χ1v) is 8.42. The molecule has 3 rings (SSSR count). The predicted molar refractivity (Wildman–Crippen MR) is 96.6 cm³/mol. The molecule has 2 aromatic rings. The molecule has 0 bridgehead atoms. The van der Waals surface area contributed by atoms with Gasteiger partial charge in [-0.3, -0.25) is 9.78 Å². The van der Waals surface area contributed by atoms with Gasteiger partial charge in [0.25, 0.3) is 5.91 Å². The zero-order valence-electron chi connectivity index (χ0n) is 13.7. The Bertz CT molecular complexity index is 699. The van der Waals surface area contributed by atoms with Gasteiger partial charge in [-0.1, -0.05) is 17.7 Å². The second kappa shape index (κ2) is 7.64. The number of hydrogen-bond donors (Lipinski definition) is 1. The zero-order valence-corrected chi connectivity index (χ0v) is 14.5. The van der Waals surface area contributed by atoms with Crippen molar-refractivity contribution in [2.45, 2.75) is 6.54 Å². The van der Waals surface area contributed by atoms with E-state index in [2.05, 4.69) is 33.2 Å². The van der Waals surface area contributed by atoms with E-state index < -0.39 is 0 Å². The Hall–Kier alpha value is -2.11. The minimum absolute atomic E-state index is 0.123. The molecule has 1 aromatic heterocycles. The molecular formula is C18H21ClN4O. The van der Waals surface area contributed by atoms with E-state index in [1.165, 1.54) is 0 Å². The van der Waals surface area contributed by atoms with Crippen LogP contribution in [0.3, 0.4) is 0 Å². The van der Waals surface area contributed by atoms with E-state index in [-0.39, 0.29) is 5.91 Å². The fourth-order valence-corrected chi connectivity index (χ4v) is 3.08. The molecule has 1 saturated heterocycles. The third-order valence-corrected chi connectivity index (χ3v) is 4.66. The van der Waals surface area contributed by atoms with Crippen molar-refractivity contribution in [2.24, 2.45) is 0 Å². The molecule has 0 saturated carbocycles. The Morgan fingerprint density at radius 3 is 2.58 bits per heavy atom. The van der Waals surface area contributed by atoms with Crippen molar-refractivity contribution in [3.05, 3.63) is 58.9 Å². The number of piperazine rings is 1. The third-order valence-electron chi connectivity index (χ3n) is 4.31. The lowest BCUT2D eigenvalue weighted by Crippen LogP contribution is -2.45. The molecule has 1 N–H and O–H groups in total. The average molecular weight is 345 g/mol. The van der Waals surface area contributed by atoms with Crippen LogP contribution in [0.4, 0.5) is 5.69 Å². The fourth-order valence-electron chi connectivity index (χ4n) is 2.84. The van der Waals surface area contributed by atoms with Crippen LogP contribution in [0, 0.1) is 0 Å². The minimum Gasteiger partial charge on any atom is -0.369 e. The van der Waals surface area contributed by atoms with Crippen LogP contribution in [0.5, 0.6) is 0 Å². The SMILES string of the molecule is CN1CCN(c2cccc(Cl)c2CNC(=O)c2ccncc2)CC1. The Morgan fingerprint density at radius 2 is 1.88 bits per heavy atom. The molecule has 1 fully saturated rings. The summed E-state index contributed by atoms with van der Waals surface area (Å²) < 4.78 is 0. The Morgan fingerprint density at radius 1 is 1.17 bits per heavy atom. The number of nitrogens with zero attached hydrogens (tertiary/aromatic N) is 3. The van der Waals surface area contributed by atoms with Crippen molar-refractivity contribution in [2.75, 3.05) is 38.1 Å². The van der Waals surface area contributed by atoms with Crippen molar-refractivity contribution in [3.63, 3.8) is 0 Å². The maximum absolute atomic E-state index is 12.3. The van der Waals surface area contributed by atoms with E-state index in [1.807, 2.05) is 12.1 Å². The molecule has 1 amide bonds. The number of carbonyl (C=O) groups excluding carboxylic acids is 1. The molecule has 1 aromatic carbocycles. The molecule has 0 atom stereocenters. The van der Waals surface area contributed by atoms with Crippen LogP contribution < -0.4 is 10.2 Å². The van der Waals surface area contributed by atoms with E-state index in [0.717, 1.165) is 37.4 Å². The summed E-state index contributed by atoms with van der Waals surface area (Å²) >= 11 is 6.41. The molecule has 5 nitrogen and oxygen atoms in total. The molecule has 1 aliphatic rings. The lowest BCUT2D eigenvalue weighted by molar-refractivity contribution is 0.0951. The Labute approximate surface area is 147 Å². The molecule has 24 heavy (non-hydrogen) atoms. The number of carbonyl (C=O) groups is 1. The number of benzene rings is 1. The number of pyridine rings is 1. The monoisotopic (exact) mass is 344 g/mol. The average Bonchev–Trinajstić information content (AvgIpc) is 2.62. The summed E-state index contributed by atoms with van der Waals surface area (Å²) in [5.74, 6) is -0.123. The first-order valence-electron chi connectivity index (χ1n) is 8.04. The molecule has 126 valence electrons. The summed E-state index contributed by atoms with van der Waals surface area (Å²) in [6.07, 6.45) is 3.22. The van der Waals surface area contributed by atoms with Gasteiger partial charge in [0.1, 0.15) is 0 Å². The van der Waals surface area contributed by atoms with Gasteiger partial charge in [-0.15, -0.1) is 0 Å². The molecule has 2 heterocycles. The van der Waals surface area contributed by atoms with Crippen LogP contribution in [0.1, 0.15) is 15.9 Å². The fraction of sp³-hybridized carbons (Fsp3) is 0.333. The number of aromatic nitrogens is 1. The number of likely N-dealkylation sites (N-methyl/N-ethyl adjacent to an activating group) is 1. The normalized spacial score (nSPS) is 15.3. The highest BCUT2D eigenvalue weighted by atomic mass is 35.5. The van der Waals surface area contributed by atoms with Crippen LogP contribution in [0.15, 0.2) is 42.7 Å². The first-order chi connectivity index (χ1) is 11.6. The van der Waals surface area contributed by atoms with Crippen molar-refractivity contribution in [1.29, 1.82) is 0 Å². The van der Waals surface area contributed by atoms with Crippen molar-refractivity contribution in [3.8, 4) is 0 Å². The van der Waals surface area contributed by atoms with E-state index in [0.29, 0.717) is 17.1 Å². The largest absolute Gasteiger partial charge is 0.369 e. The molecule has 0 radical (unpaired) electrons. The van der Waals surface area contributed by atoms with Gasteiger partial charge in [-0.2, -0.15) is 0 Å². The summed E-state index contributed by atoms with van der Waals surface area (Å²) in [4.78, 5) is 20.8. The maximum Gasteiger partial charge on any atom is 0.251 e. The second-order valence-electron chi connectivity index (χ2n) is 5.95. The van der Waals surface area contributed by atoms with Gasteiger partial charge in [-0.25, -0.2) is 0 Å². The van der Waals surface area contributed by atoms with Crippen LogP contribution in [-0.2, 0) is 6.54 Å². The highest BCUT2D eigenvalue weighted by molar-refractivity contribution is 6.31. The van der Waals surface area contributed by atoms with E-state index in [1.54, 1.807) is 24.5 Å². The van der Waals surface area contributed by atoms with E-state index in [4.69, 9.17) is 11.6 Å². The number of rotatable bonds is 4. The quantitative estimate of drug-likeness (QED) is 0.925. The summed E-state index contributed by atoms with van der Waals surface area (Å²) in [5, 5.41) is 3.64. The topological polar surface area (TPSA) is 48.5 Å². The molecular weight excluding hydrogens is 324 g/mol. The van der Waals surface area contributed by atoms with Crippen LogP contribution in [0.2, 0.25) is 5.02 Å². The predicted octanol–water partition coefficient (Wildman–Crippen LogP) is 2.42. The summed E-state index contributed by atoms with van der Waals surface area (Å²) in [6.45, 7) is 4.37. The molecule has 1 aliphatic heterocycles. The molecule has 6 heteroatoms. The Balaban J connectivity index is 1.74. The van der Waals surface area contributed by atoms with Gasteiger partial charge >= 0.3 is 0 Å². The van der Waals surface area contributed by atoms with Gasteiger partial charge in [0.05, 0.1) is 0 Å². The highest BCUT2D eigenvalue weighted by Gasteiger charge is 2.18. The summed E-state index contributed by atoms with van der Waals surface area (Å²) in [7, 11) is 2.13. The molecule has 0 aliphatic carbocycles.